The van der Waals surface area contributed by atoms with Crippen LogP contribution in [0, 0.1) is 16.7 Å². The lowest BCUT2D eigenvalue weighted by atomic mass is 9.57. The smallest absolute Gasteiger partial charge is 0.172 e. The Labute approximate surface area is 144 Å². The first-order chi connectivity index (χ1) is 11.0. The van der Waals surface area contributed by atoms with Gasteiger partial charge >= 0.3 is 0 Å². The standard InChI is InChI=1S/C20H30O4/c1-13(2)15(21)8-9-17(4)12-19-14(3)6-7-16(22)18(19,5)10-11-20(17,23)24-19/h13,23H,3,6-12H2,1-2,4-5H3/t17?,18-,19?,20?/m1/s1. The van der Waals surface area contributed by atoms with Crippen molar-refractivity contribution in [2.45, 2.75) is 84.0 Å². The van der Waals surface area contributed by atoms with Gasteiger partial charge < -0.3 is 9.84 Å². The molecule has 0 aromatic rings. The van der Waals surface area contributed by atoms with Crippen LogP contribution >= 0.6 is 0 Å². The van der Waals surface area contributed by atoms with E-state index in [4.69, 9.17) is 4.74 Å². The van der Waals surface area contributed by atoms with Crippen LogP contribution < -0.4 is 0 Å². The normalized spacial score (nSPS) is 44.8. The van der Waals surface area contributed by atoms with E-state index in [9.17, 15) is 14.7 Å². The van der Waals surface area contributed by atoms with Gasteiger partial charge in [-0.15, -0.1) is 0 Å². The highest BCUT2D eigenvalue weighted by atomic mass is 16.7. The zero-order valence-corrected chi connectivity index (χ0v) is 15.4. The minimum Gasteiger partial charge on any atom is -0.365 e. The molecular weight excluding hydrogens is 304 g/mol. The SMILES string of the molecule is C=C1CCC(=O)[C@@]2(C)CCC3(O)OC12CC3(C)CCC(=O)C(C)C. The van der Waals surface area contributed by atoms with Crippen molar-refractivity contribution in [3.8, 4) is 0 Å². The molecule has 0 aromatic carbocycles. The summed E-state index contributed by atoms with van der Waals surface area (Å²) in [7, 11) is 0. The summed E-state index contributed by atoms with van der Waals surface area (Å²) in [5, 5.41) is 11.3. The summed E-state index contributed by atoms with van der Waals surface area (Å²) >= 11 is 0. The van der Waals surface area contributed by atoms with Gasteiger partial charge in [0.25, 0.3) is 0 Å². The van der Waals surface area contributed by atoms with Gasteiger partial charge in [0.05, 0.1) is 5.41 Å². The molecule has 2 heterocycles. The molecule has 1 spiro atoms. The van der Waals surface area contributed by atoms with Crippen LogP contribution in [0.15, 0.2) is 12.2 Å². The van der Waals surface area contributed by atoms with Gasteiger partial charge in [-0.05, 0) is 38.2 Å². The average Bonchev–Trinajstić information content (AvgIpc) is 2.72. The molecule has 4 nitrogen and oxygen atoms in total. The van der Waals surface area contributed by atoms with Crippen molar-refractivity contribution in [1.82, 2.24) is 0 Å². The molecule has 3 aliphatic rings. The van der Waals surface area contributed by atoms with Crippen molar-refractivity contribution < 1.29 is 19.4 Å². The quantitative estimate of drug-likeness (QED) is 0.798. The van der Waals surface area contributed by atoms with Gasteiger partial charge in [-0.2, -0.15) is 0 Å². The number of ether oxygens (including phenoxy) is 1. The summed E-state index contributed by atoms with van der Waals surface area (Å²) in [5.74, 6) is -0.844. The molecule has 1 saturated carbocycles. The Balaban J connectivity index is 1.95. The Kier molecular flexibility index (Phi) is 3.89. The molecule has 4 heteroatoms. The molecule has 0 aromatic heterocycles. The van der Waals surface area contributed by atoms with E-state index in [1.54, 1.807) is 0 Å². The average molecular weight is 334 g/mol. The first-order valence-electron chi connectivity index (χ1n) is 9.17. The summed E-state index contributed by atoms with van der Waals surface area (Å²) in [4.78, 5) is 24.8. The Morgan fingerprint density at radius 2 is 1.96 bits per heavy atom. The molecule has 2 bridgehead atoms. The highest BCUT2D eigenvalue weighted by Crippen LogP contribution is 2.68. The van der Waals surface area contributed by atoms with Gasteiger partial charge in [0, 0.05) is 30.6 Å². The van der Waals surface area contributed by atoms with E-state index in [1.165, 1.54) is 0 Å². The molecule has 2 aliphatic heterocycles. The van der Waals surface area contributed by atoms with E-state index in [0.29, 0.717) is 44.9 Å². The van der Waals surface area contributed by atoms with Gasteiger partial charge in [0.15, 0.2) is 5.79 Å². The van der Waals surface area contributed by atoms with Crippen molar-refractivity contribution in [3.63, 3.8) is 0 Å². The fourth-order valence-electron chi connectivity index (χ4n) is 5.08. The molecule has 24 heavy (non-hydrogen) atoms. The zero-order valence-electron chi connectivity index (χ0n) is 15.4. The molecule has 4 atom stereocenters. The fraction of sp³-hybridized carbons (Fsp3) is 0.800. The highest BCUT2D eigenvalue weighted by molar-refractivity contribution is 5.88. The number of rotatable bonds is 4. The fourth-order valence-corrected chi connectivity index (χ4v) is 5.08. The molecule has 1 aliphatic carbocycles. The second-order valence-corrected chi connectivity index (χ2v) is 8.93. The van der Waals surface area contributed by atoms with Crippen LogP contribution in [0.2, 0.25) is 0 Å². The van der Waals surface area contributed by atoms with E-state index in [2.05, 4.69) is 6.58 Å². The number of ketones is 2. The molecule has 1 N–H and O–H groups in total. The minimum atomic E-state index is -1.27. The molecule has 0 amide bonds. The number of aliphatic hydroxyl groups is 1. The van der Waals surface area contributed by atoms with E-state index < -0.39 is 22.2 Å². The number of hydrogen-bond donors (Lipinski definition) is 1. The lowest BCUT2D eigenvalue weighted by Crippen LogP contribution is -2.59. The first kappa shape index (κ1) is 17.8. The Morgan fingerprint density at radius 3 is 2.58 bits per heavy atom. The summed E-state index contributed by atoms with van der Waals surface area (Å²) in [6.07, 6.45) is 3.80. The maximum absolute atomic E-state index is 12.7. The predicted molar refractivity (Wildman–Crippen MR) is 91.3 cm³/mol. The Hall–Kier alpha value is -1.00. The van der Waals surface area contributed by atoms with Crippen LogP contribution in [-0.2, 0) is 14.3 Å². The second kappa shape index (κ2) is 5.25. The van der Waals surface area contributed by atoms with Crippen molar-refractivity contribution in [3.05, 3.63) is 12.2 Å². The first-order valence-corrected chi connectivity index (χ1v) is 9.17. The minimum absolute atomic E-state index is 0.000378. The topological polar surface area (TPSA) is 63.6 Å². The molecule has 3 unspecified atom stereocenters. The second-order valence-electron chi connectivity index (χ2n) is 8.93. The third kappa shape index (κ3) is 2.12. The van der Waals surface area contributed by atoms with Crippen molar-refractivity contribution in [2.75, 3.05) is 0 Å². The lowest BCUT2D eigenvalue weighted by molar-refractivity contribution is -0.297. The number of Topliss-reactive ketones (excluding diaryl/α,β-unsaturated/α-hetero) is 2. The van der Waals surface area contributed by atoms with Crippen LogP contribution in [0.4, 0.5) is 0 Å². The van der Waals surface area contributed by atoms with Crippen molar-refractivity contribution >= 4 is 11.6 Å². The lowest BCUT2D eigenvalue weighted by Gasteiger charge is -2.53. The molecular formula is C20H30O4. The highest BCUT2D eigenvalue weighted by Gasteiger charge is 2.73. The molecule has 2 saturated heterocycles. The van der Waals surface area contributed by atoms with E-state index >= 15 is 0 Å². The van der Waals surface area contributed by atoms with Gasteiger partial charge in [0.2, 0.25) is 0 Å². The summed E-state index contributed by atoms with van der Waals surface area (Å²) in [5.41, 5.74) is -0.975. The number of carbonyl (C=O) groups excluding carboxylic acids is 2. The van der Waals surface area contributed by atoms with Crippen LogP contribution in [0.5, 0.6) is 0 Å². The Bertz CT molecular complexity index is 609. The summed E-state index contributed by atoms with van der Waals surface area (Å²) in [6.45, 7) is 12.0. The van der Waals surface area contributed by atoms with Crippen LogP contribution in [0.1, 0.15) is 72.6 Å². The molecule has 3 fully saturated rings. The number of carbonyl (C=O) groups is 2. The summed E-state index contributed by atoms with van der Waals surface area (Å²) < 4.78 is 6.29. The maximum atomic E-state index is 12.7. The van der Waals surface area contributed by atoms with E-state index in [1.807, 2.05) is 27.7 Å². The molecule has 0 radical (unpaired) electrons. The third-order valence-electron chi connectivity index (χ3n) is 7.19. The van der Waals surface area contributed by atoms with Gasteiger partial charge in [-0.1, -0.05) is 27.4 Å². The predicted octanol–water partition coefficient (Wildman–Crippen LogP) is 3.56. The van der Waals surface area contributed by atoms with Gasteiger partial charge in [0.1, 0.15) is 17.2 Å². The molecule has 3 rings (SSSR count). The monoisotopic (exact) mass is 334 g/mol. The van der Waals surface area contributed by atoms with Gasteiger partial charge in [-0.25, -0.2) is 0 Å². The van der Waals surface area contributed by atoms with Crippen LogP contribution in [-0.4, -0.2) is 28.1 Å². The van der Waals surface area contributed by atoms with Crippen molar-refractivity contribution in [1.29, 1.82) is 0 Å². The van der Waals surface area contributed by atoms with Gasteiger partial charge in [-0.3, -0.25) is 9.59 Å². The zero-order chi connectivity index (χ0) is 18.0. The van der Waals surface area contributed by atoms with Crippen LogP contribution in [0.3, 0.4) is 0 Å². The van der Waals surface area contributed by atoms with E-state index in [-0.39, 0.29) is 17.5 Å². The Morgan fingerprint density at radius 1 is 1.29 bits per heavy atom. The number of fused-ring (bicyclic) bond motifs is 1. The van der Waals surface area contributed by atoms with Crippen LogP contribution in [0.25, 0.3) is 0 Å². The number of hydrogen-bond acceptors (Lipinski definition) is 4. The molecule has 134 valence electrons. The van der Waals surface area contributed by atoms with E-state index in [0.717, 1.165) is 5.57 Å². The third-order valence-corrected chi connectivity index (χ3v) is 7.19. The van der Waals surface area contributed by atoms with Crippen molar-refractivity contribution in [2.24, 2.45) is 16.7 Å². The largest absolute Gasteiger partial charge is 0.365 e. The summed E-state index contributed by atoms with van der Waals surface area (Å²) in [6, 6.07) is 0. The maximum Gasteiger partial charge on any atom is 0.172 e.